The third-order valence-corrected chi connectivity index (χ3v) is 3.18. The van der Waals surface area contributed by atoms with Crippen LogP contribution in [0.2, 0.25) is 0 Å². The van der Waals surface area contributed by atoms with Gasteiger partial charge in [0.25, 0.3) is 0 Å². The molecule has 1 nitrogen and oxygen atoms in total. The van der Waals surface area contributed by atoms with Crippen LogP contribution in [0.4, 0.5) is 0 Å². The van der Waals surface area contributed by atoms with Crippen molar-refractivity contribution < 1.29 is 5.11 Å². The van der Waals surface area contributed by atoms with E-state index in [1.807, 2.05) is 6.92 Å². The van der Waals surface area contributed by atoms with Gasteiger partial charge < -0.3 is 5.11 Å². The van der Waals surface area contributed by atoms with Gasteiger partial charge >= 0.3 is 0 Å². The number of aliphatic hydroxyl groups excluding tert-OH is 1. The van der Waals surface area contributed by atoms with E-state index in [0.29, 0.717) is 0 Å². The van der Waals surface area contributed by atoms with E-state index in [4.69, 9.17) is 5.11 Å². The topological polar surface area (TPSA) is 20.2 Å². The quantitative estimate of drug-likeness (QED) is 0.720. The van der Waals surface area contributed by atoms with Gasteiger partial charge in [-0.2, -0.15) is 0 Å². The Bertz CT molecular complexity index is 47.0. The minimum absolute atomic E-state index is 0.187. The zero-order valence-corrected chi connectivity index (χ0v) is 7.24. The van der Waals surface area contributed by atoms with Crippen molar-refractivity contribution in [1.29, 1.82) is 0 Å². The van der Waals surface area contributed by atoms with Crippen LogP contribution in [0.1, 0.15) is 13.3 Å². The van der Waals surface area contributed by atoms with E-state index in [2.05, 4.69) is 31.9 Å². The predicted molar refractivity (Wildman–Crippen MR) is 37.9 cm³/mol. The molecule has 0 aliphatic heterocycles. The molecule has 0 aromatic carbocycles. The van der Waals surface area contributed by atoms with Crippen molar-refractivity contribution in [2.75, 3.05) is 0 Å². The standard InChI is InChI=1S/C4H8Br2O/c1-2-3(5)4(6)7/h3-4,7H,2H2,1H3. The van der Waals surface area contributed by atoms with Crippen LogP contribution in [0.5, 0.6) is 0 Å². The van der Waals surface area contributed by atoms with Crippen LogP contribution in [-0.2, 0) is 0 Å². The maximum absolute atomic E-state index is 8.69. The van der Waals surface area contributed by atoms with E-state index >= 15 is 0 Å². The molecule has 0 heterocycles. The first-order valence-electron chi connectivity index (χ1n) is 2.14. The smallest absolute Gasteiger partial charge is 0.121 e. The average Bonchev–Trinajstić information content (AvgIpc) is 1.65. The number of rotatable bonds is 2. The number of halogens is 2. The monoisotopic (exact) mass is 230 g/mol. The molecule has 0 saturated heterocycles. The Labute approximate surface area is 60.4 Å². The minimum atomic E-state index is -0.405. The fourth-order valence-corrected chi connectivity index (χ4v) is 0.568. The molecule has 0 amide bonds. The SMILES string of the molecule is CCC(Br)C(O)Br. The lowest BCUT2D eigenvalue weighted by Crippen LogP contribution is -2.10. The van der Waals surface area contributed by atoms with E-state index in [1.165, 1.54) is 0 Å². The predicted octanol–water partition coefficient (Wildman–Crippen LogP) is 1.87. The summed E-state index contributed by atoms with van der Waals surface area (Å²) in [7, 11) is 0. The summed E-state index contributed by atoms with van der Waals surface area (Å²) < 4.78 is 0. The van der Waals surface area contributed by atoms with Gasteiger partial charge in [-0.3, -0.25) is 0 Å². The molecule has 1 N–H and O–H groups in total. The molecular formula is C4H8Br2O. The molecule has 0 aliphatic carbocycles. The summed E-state index contributed by atoms with van der Waals surface area (Å²) in [6.45, 7) is 2.00. The van der Waals surface area contributed by atoms with Gasteiger partial charge in [0.15, 0.2) is 0 Å². The molecule has 7 heavy (non-hydrogen) atoms. The first-order valence-corrected chi connectivity index (χ1v) is 3.97. The van der Waals surface area contributed by atoms with Gasteiger partial charge in [0.2, 0.25) is 0 Å². The molecule has 0 fully saturated rings. The molecule has 0 aromatic rings. The fraction of sp³-hybridized carbons (Fsp3) is 1.00. The summed E-state index contributed by atoms with van der Waals surface area (Å²) in [4.78, 5) is 0.187. The highest BCUT2D eigenvalue weighted by Gasteiger charge is 2.07. The number of hydrogen-bond acceptors (Lipinski definition) is 1. The van der Waals surface area contributed by atoms with E-state index < -0.39 is 5.01 Å². The Morgan fingerprint density at radius 1 is 1.57 bits per heavy atom. The van der Waals surface area contributed by atoms with Crippen LogP contribution in [0, 0.1) is 0 Å². The highest BCUT2D eigenvalue weighted by Crippen LogP contribution is 2.13. The first kappa shape index (κ1) is 7.92. The lowest BCUT2D eigenvalue weighted by Gasteiger charge is -2.05. The second-order valence-electron chi connectivity index (χ2n) is 1.30. The van der Waals surface area contributed by atoms with Crippen molar-refractivity contribution in [1.82, 2.24) is 0 Å². The average molecular weight is 232 g/mol. The molecule has 0 spiro atoms. The molecule has 0 aliphatic rings. The van der Waals surface area contributed by atoms with E-state index in [1.54, 1.807) is 0 Å². The largest absolute Gasteiger partial charge is 0.381 e. The Morgan fingerprint density at radius 3 is 2.00 bits per heavy atom. The van der Waals surface area contributed by atoms with Gasteiger partial charge in [-0.05, 0) is 6.42 Å². The molecule has 0 bridgehead atoms. The summed E-state index contributed by atoms with van der Waals surface area (Å²) in [5, 5.41) is 8.29. The summed E-state index contributed by atoms with van der Waals surface area (Å²) in [6, 6.07) is 0. The Morgan fingerprint density at radius 2 is 2.00 bits per heavy atom. The number of alkyl halides is 2. The van der Waals surface area contributed by atoms with Crippen molar-refractivity contribution in [2.45, 2.75) is 23.2 Å². The molecule has 0 aromatic heterocycles. The zero-order valence-electron chi connectivity index (χ0n) is 4.06. The van der Waals surface area contributed by atoms with E-state index in [-0.39, 0.29) is 4.83 Å². The van der Waals surface area contributed by atoms with Gasteiger partial charge in [0, 0.05) is 0 Å². The molecule has 3 heteroatoms. The Balaban J connectivity index is 3.14. The van der Waals surface area contributed by atoms with Crippen molar-refractivity contribution in [3.63, 3.8) is 0 Å². The maximum Gasteiger partial charge on any atom is 0.121 e. The van der Waals surface area contributed by atoms with Crippen molar-refractivity contribution in [2.24, 2.45) is 0 Å². The molecule has 2 atom stereocenters. The highest BCUT2D eigenvalue weighted by molar-refractivity contribution is 9.12. The molecule has 0 rings (SSSR count). The van der Waals surface area contributed by atoms with E-state index in [9.17, 15) is 0 Å². The molecule has 0 radical (unpaired) electrons. The molecule has 0 saturated carbocycles. The van der Waals surface area contributed by atoms with Crippen LogP contribution >= 0.6 is 31.9 Å². The van der Waals surface area contributed by atoms with Crippen molar-refractivity contribution in [3.8, 4) is 0 Å². The summed E-state index contributed by atoms with van der Waals surface area (Å²) in [5.41, 5.74) is 0. The number of aliphatic hydroxyl groups is 1. The second-order valence-corrected chi connectivity index (χ2v) is 3.41. The Kier molecular flexibility index (Phi) is 4.37. The fourth-order valence-electron chi connectivity index (χ4n) is 0.194. The van der Waals surface area contributed by atoms with Crippen LogP contribution in [-0.4, -0.2) is 14.9 Å². The van der Waals surface area contributed by atoms with Gasteiger partial charge in [0.1, 0.15) is 5.01 Å². The molecule has 2 unspecified atom stereocenters. The van der Waals surface area contributed by atoms with Crippen LogP contribution in [0.3, 0.4) is 0 Å². The maximum atomic E-state index is 8.69. The van der Waals surface area contributed by atoms with Gasteiger partial charge in [0.05, 0.1) is 4.83 Å². The zero-order chi connectivity index (χ0) is 5.86. The minimum Gasteiger partial charge on any atom is -0.381 e. The van der Waals surface area contributed by atoms with Crippen LogP contribution in [0.15, 0.2) is 0 Å². The third kappa shape index (κ3) is 3.50. The normalized spacial score (nSPS) is 18.9. The lowest BCUT2D eigenvalue weighted by molar-refractivity contribution is 0.266. The van der Waals surface area contributed by atoms with Gasteiger partial charge in [-0.25, -0.2) is 0 Å². The molecule has 44 valence electrons. The van der Waals surface area contributed by atoms with E-state index in [0.717, 1.165) is 6.42 Å². The van der Waals surface area contributed by atoms with Gasteiger partial charge in [-0.1, -0.05) is 38.8 Å². The third-order valence-electron chi connectivity index (χ3n) is 0.688. The summed E-state index contributed by atoms with van der Waals surface area (Å²) >= 11 is 6.25. The van der Waals surface area contributed by atoms with Crippen LogP contribution in [0.25, 0.3) is 0 Å². The van der Waals surface area contributed by atoms with Crippen molar-refractivity contribution >= 4 is 31.9 Å². The summed E-state index contributed by atoms with van der Waals surface area (Å²) in [6.07, 6.45) is 0.937. The van der Waals surface area contributed by atoms with Gasteiger partial charge in [-0.15, -0.1) is 0 Å². The molecular weight excluding hydrogens is 224 g/mol. The highest BCUT2D eigenvalue weighted by atomic mass is 79.9. The number of hydrogen-bond donors (Lipinski definition) is 1. The lowest BCUT2D eigenvalue weighted by atomic mass is 10.4. The first-order chi connectivity index (χ1) is 3.18. The second kappa shape index (κ2) is 3.87. The van der Waals surface area contributed by atoms with Crippen molar-refractivity contribution in [3.05, 3.63) is 0 Å². The Hall–Kier alpha value is 0.920. The summed E-state index contributed by atoms with van der Waals surface area (Å²) in [5.74, 6) is 0. The van der Waals surface area contributed by atoms with Crippen LogP contribution < -0.4 is 0 Å².